The number of para-hydroxylation sites is 1. The molecule has 2 aromatic carbocycles. The van der Waals surface area contributed by atoms with E-state index in [1.165, 1.54) is 12.1 Å². The van der Waals surface area contributed by atoms with E-state index in [-0.39, 0.29) is 29.5 Å². The SMILES string of the molecule is CCOc1cc(F)c(CNc2ccccc2C(=N)C2=CC(CC)C=C(CCCN3CCOCC3)C(N)=N2)c(F)c1. The summed E-state index contributed by atoms with van der Waals surface area (Å²) >= 11 is 0. The van der Waals surface area contributed by atoms with Crippen LogP contribution in [0.5, 0.6) is 5.75 Å². The van der Waals surface area contributed by atoms with Gasteiger partial charge in [0.2, 0.25) is 0 Å². The first-order valence-electron chi connectivity index (χ1n) is 14.0. The molecule has 0 spiro atoms. The summed E-state index contributed by atoms with van der Waals surface area (Å²) in [6.07, 6.45) is 6.78. The fraction of sp³-hybridized carbons (Fsp3) is 0.419. The summed E-state index contributed by atoms with van der Waals surface area (Å²) in [5, 5.41) is 12.1. The van der Waals surface area contributed by atoms with Crippen LogP contribution in [0.25, 0.3) is 0 Å². The number of hydrogen-bond acceptors (Lipinski definition) is 7. The molecule has 4 N–H and O–H groups in total. The van der Waals surface area contributed by atoms with Gasteiger partial charge >= 0.3 is 0 Å². The Bertz CT molecular complexity index is 1260. The van der Waals surface area contributed by atoms with Gasteiger partial charge in [0.1, 0.15) is 23.2 Å². The van der Waals surface area contributed by atoms with Crippen molar-refractivity contribution in [2.75, 3.05) is 44.8 Å². The number of ether oxygens (including phenoxy) is 2. The molecule has 40 heavy (non-hydrogen) atoms. The van der Waals surface area contributed by atoms with Gasteiger partial charge in [-0.2, -0.15) is 0 Å². The Morgan fingerprint density at radius 2 is 1.88 bits per heavy atom. The van der Waals surface area contributed by atoms with E-state index < -0.39 is 11.6 Å². The molecule has 1 unspecified atom stereocenters. The lowest BCUT2D eigenvalue weighted by Crippen LogP contribution is -2.36. The molecule has 0 bridgehead atoms. The zero-order chi connectivity index (χ0) is 28.5. The molecule has 0 saturated carbocycles. The van der Waals surface area contributed by atoms with Gasteiger partial charge in [0.25, 0.3) is 0 Å². The number of hydrogen-bond donors (Lipinski definition) is 3. The van der Waals surface area contributed by atoms with Gasteiger partial charge < -0.3 is 20.5 Å². The van der Waals surface area contributed by atoms with Crippen LogP contribution in [-0.2, 0) is 11.3 Å². The summed E-state index contributed by atoms with van der Waals surface area (Å²) < 4.78 is 39.9. The molecule has 214 valence electrons. The van der Waals surface area contributed by atoms with Crippen molar-refractivity contribution in [1.82, 2.24) is 4.90 Å². The molecule has 4 rings (SSSR count). The molecule has 7 nitrogen and oxygen atoms in total. The van der Waals surface area contributed by atoms with E-state index in [1.807, 2.05) is 18.2 Å². The summed E-state index contributed by atoms with van der Waals surface area (Å²) in [6, 6.07) is 9.58. The van der Waals surface area contributed by atoms with Gasteiger partial charge in [-0.15, -0.1) is 0 Å². The van der Waals surface area contributed by atoms with Crippen LogP contribution in [0, 0.1) is 23.0 Å². The highest BCUT2D eigenvalue weighted by Crippen LogP contribution is 2.27. The fourth-order valence-corrected chi connectivity index (χ4v) is 4.91. The maximum absolute atomic E-state index is 14.6. The van der Waals surface area contributed by atoms with Gasteiger partial charge in [0, 0.05) is 48.6 Å². The maximum Gasteiger partial charge on any atom is 0.134 e. The molecule has 0 radical (unpaired) electrons. The average molecular weight is 552 g/mol. The van der Waals surface area contributed by atoms with Crippen molar-refractivity contribution in [3.63, 3.8) is 0 Å². The normalized spacial score (nSPS) is 17.9. The Kier molecular flexibility index (Phi) is 10.4. The summed E-state index contributed by atoms with van der Waals surface area (Å²) in [5.74, 6) is -0.710. The monoisotopic (exact) mass is 551 g/mol. The Labute approximate surface area is 235 Å². The Hall–Kier alpha value is -3.56. The summed E-state index contributed by atoms with van der Waals surface area (Å²) in [6.45, 7) is 8.52. The van der Waals surface area contributed by atoms with Gasteiger partial charge in [-0.05, 0) is 56.4 Å². The van der Waals surface area contributed by atoms with Gasteiger partial charge in [0.15, 0.2) is 0 Å². The zero-order valence-corrected chi connectivity index (χ0v) is 23.3. The smallest absolute Gasteiger partial charge is 0.134 e. The number of nitrogens with two attached hydrogens (primary N) is 1. The first-order valence-corrected chi connectivity index (χ1v) is 14.0. The van der Waals surface area contributed by atoms with Crippen molar-refractivity contribution in [1.29, 1.82) is 5.41 Å². The number of anilines is 1. The lowest BCUT2D eigenvalue weighted by atomic mass is 9.97. The highest BCUT2D eigenvalue weighted by Gasteiger charge is 2.20. The number of morpholine rings is 1. The lowest BCUT2D eigenvalue weighted by molar-refractivity contribution is 0.0375. The van der Waals surface area contributed by atoms with Crippen molar-refractivity contribution in [2.24, 2.45) is 16.6 Å². The Morgan fingerprint density at radius 3 is 2.58 bits per heavy atom. The van der Waals surface area contributed by atoms with Crippen molar-refractivity contribution >= 4 is 17.2 Å². The lowest BCUT2D eigenvalue weighted by Gasteiger charge is -2.26. The number of benzene rings is 2. The van der Waals surface area contributed by atoms with Crippen LogP contribution in [0.4, 0.5) is 14.5 Å². The molecule has 1 saturated heterocycles. The van der Waals surface area contributed by atoms with Crippen molar-refractivity contribution < 1.29 is 18.3 Å². The van der Waals surface area contributed by atoms with Crippen LogP contribution in [-0.4, -0.2) is 55.9 Å². The van der Waals surface area contributed by atoms with Crippen LogP contribution in [0.3, 0.4) is 0 Å². The molecule has 0 aromatic heterocycles. The van der Waals surface area contributed by atoms with Crippen molar-refractivity contribution in [2.45, 2.75) is 39.7 Å². The highest BCUT2D eigenvalue weighted by molar-refractivity contribution is 6.15. The highest BCUT2D eigenvalue weighted by atomic mass is 19.1. The molecular formula is C31H39F2N5O2. The van der Waals surface area contributed by atoms with E-state index in [1.54, 1.807) is 19.1 Å². The molecule has 1 atom stereocenters. The van der Waals surface area contributed by atoms with E-state index >= 15 is 0 Å². The second kappa shape index (κ2) is 14.2. The predicted octanol–water partition coefficient (Wildman–Crippen LogP) is 5.66. The molecule has 2 aliphatic heterocycles. The summed E-state index contributed by atoms with van der Waals surface area (Å²) in [4.78, 5) is 7.08. The second-order valence-electron chi connectivity index (χ2n) is 9.94. The number of allylic oxidation sites excluding steroid dienone is 3. The molecule has 9 heteroatoms. The van der Waals surface area contributed by atoms with E-state index in [4.69, 9.17) is 20.6 Å². The Morgan fingerprint density at radius 1 is 1.15 bits per heavy atom. The largest absolute Gasteiger partial charge is 0.494 e. The molecular weight excluding hydrogens is 512 g/mol. The Balaban J connectivity index is 1.48. The van der Waals surface area contributed by atoms with E-state index in [0.717, 1.165) is 57.7 Å². The molecule has 0 aliphatic carbocycles. The van der Waals surface area contributed by atoms with Crippen LogP contribution in [0.1, 0.15) is 44.2 Å². The van der Waals surface area contributed by atoms with Crippen molar-refractivity contribution in [3.8, 4) is 5.75 Å². The molecule has 1 fully saturated rings. The fourth-order valence-electron chi connectivity index (χ4n) is 4.91. The topological polar surface area (TPSA) is 96.0 Å². The standard InChI is InChI=1S/C31H39F2N5O2/c1-3-21-16-22(8-7-11-38-12-14-39-15-13-38)31(35)37-29(17-21)30(34)24-9-5-6-10-28(24)36-20-25-26(32)18-23(40-4-2)19-27(25)33/h5-6,9-10,16-19,21,34,36H,3-4,7-8,11-15,20H2,1-2H3,(H2,35,37). The van der Waals surface area contributed by atoms with Gasteiger partial charge in [-0.1, -0.05) is 31.2 Å². The molecule has 0 amide bonds. The summed E-state index contributed by atoms with van der Waals surface area (Å²) in [5.41, 5.74) is 9.19. The number of nitrogens with zero attached hydrogens (tertiary/aromatic N) is 2. The number of halogens is 2. The van der Waals surface area contributed by atoms with E-state index in [2.05, 4.69) is 28.2 Å². The minimum atomic E-state index is -0.689. The predicted molar refractivity (Wildman–Crippen MR) is 156 cm³/mol. The van der Waals surface area contributed by atoms with Crippen molar-refractivity contribution in [3.05, 3.63) is 82.6 Å². The van der Waals surface area contributed by atoms with Gasteiger partial charge in [-0.3, -0.25) is 10.3 Å². The third-order valence-electron chi connectivity index (χ3n) is 7.19. The number of amidine groups is 1. The third-order valence-corrected chi connectivity index (χ3v) is 7.19. The average Bonchev–Trinajstić information content (AvgIpc) is 3.11. The molecule has 2 heterocycles. The van der Waals surface area contributed by atoms with E-state index in [0.29, 0.717) is 29.4 Å². The quantitative estimate of drug-likeness (QED) is 0.296. The summed E-state index contributed by atoms with van der Waals surface area (Å²) in [7, 11) is 0. The van der Waals surface area contributed by atoms with Gasteiger partial charge in [0.05, 0.1) is 31.2 Å². The molecule has 2 aliphatic rings. The number of rotatable bonds is 12. The zero-order valence-electron chi connectivity index (χ0n) is 23.3. The minimum Gasteiger partial charge on any atom is -0.494 e. The third kappa shape index (κ3) is 7.55. The van der Waals surface area contributed by atoms with Gasteiger partial charge in [-0.25, -0.2) is 13.8 Å². The van der Waals surface area contributed by atoms with Crippen LogP contribution in [0.2, 0.25) is 0 Å². The minimum absolute atomic E-state index is 0.0886. The second-order valence-corrected chi connectivity index (χ2v) is 9.94. The van der Waals surface area contributed by atoms with Crippen LogP contribution in [0.15, 0.2) is 64.8 Å². The number of aliphatic imine (C=N–C) groups is 1. The van der Waals surface area contributed by atoms with Crippen LogP contribution >= 0.6 is 0 Å². The number of nitrogens with one attached hydrogen (secondary N) is 2. The first-order chi connectivity index (χ1) is 19.4. The first kappa shape index (κ1) is 29.4. The maximum atomic E-state index is 14.6. The molecule has 2 aromatic rings. The van der Waals surface area contributed by atoms with Crippen LogP contribution < -0.4 is 15.8 Å². The van der Waals surface area contributed by atoms with E-state index in [9.17, 15) is 8.78 Å².